The lowest BCUT2D eigenvalue weighted by atomic mass is 9.97. The summed E-state index contributed by atoms with van der Waals surface area (Å²) in [6.07, 6.45) is 0.318. The minimum absolute atomic E-state index is 0.0186. The summed E-state index contributed by atoms with van der Waals surface area (Å²) in [6, 6.07) is 1.12. The Morgan fingerprint density at radius 1 is 1.59 bits per heavy atom. The average Bonchev–Trinajstić information content (AvgIpc) is 2.25. The molecule has 0 aliphatic carbocycles. The Morgan fingerprint density at radius 2 is 2.24 bits per heavy atom. The van der Waals surface area contributed by atoms with Crippen LogP contribution in [0.15, 0.2) is 12.3 Å². The predicted octanol–water partition coefficient (Wildman–Crippen LogP) is 2.19. The van der Waals surface area contributed by atoms with E-state index in [-0.39, 0.29) is 12.5 Å². The van der Waals surface area contributed by atoms with Gasteiger partial charge in [0.1, 0.15) is 0 Å². The number of rotatable bonds is 4. The van der Waals surface area contributed by atoms with Crippen molar-refractivity contribution in [2.24, 2.45) is 5.92 Å². The van der Waals surface area contributed by atoms with Crippen molar-refractivity contribution in [2.45, 2.75) is 26.5 Å². The van der Waals surface area contributed by atoms with E-state index in [1.54, 1.807) is 6.07 Å². The van der Waals surface area contributed by atoms with E-state index in [1.165, 1.54) is 6.20 Å². The third-order valence-electron chi connectivity index (χ3n) is 2.38. The largest absolute Gasteiger partial charge is 0.465 e. The van der Waals surface area contributed by atoms with Gasteiger partial charge in [-0.2, -0.15) is 0 Å². The van der Waals surface area contributed by atoms with Gasteiger partial charge in [0, 0.05) is 11.8 Å². The maximum Gasteiger partial charge on any atom is 0.405 e. The van der Waals surface area contributed by atoms with E-state index in [2.05, 4.69) is 10.3 Å². The average molecular weight is 259 g/mol. The van der Waals surface area contributed by atoms with Crippen LogP contribution in [-0.2, 0) is 6.61 Å². The van der Waals surface area contributed by atoms with E-state index in [0.717, 1.165) is 0 Å². The van der Waals surface area contributed by atoms with Crippen molar-refractivity contribution >= 4 is 17.7 Å². The highest BCUT2D eigenvalue weighted by Crippen LogP contribution is 2.25. The van der Waals surface area contributed by atoms with E-state index >= 15 is 0 Å². The van der Waals surface area contributed by atoms with Gasteiger partial charge in [0.05, 0.1) is 23.4 Å². The van der Waals surface area contributed by atoms with Crippen LogP contribution in [0.3, 0.4) is 0 Å². The number of halogens is 1. The zero-order chi connectivity index (χ0) is 13.0. The summed E-state index contributed by atoms with van der Waals surface area (Å²) in [7, 11) is 0. The van der Waals surface area contributed by atoms with Crippen LogP contribution in [0, 0.1) is 5.92 Å². The van der Waals surface area contributed by atoms with Gasteiger partial charge in [-0.25, -0.2) is 4.79 Å². The first kappa shape index (κ1) is 13.7. The number of amides is 1. The molecule has 0 spiro atoms. The lowest BCUT2D eigenvalue weighted by molar-refractivity contribution is 0.185. The molecule has 0 bridgehead atoms. The molecule has 1 atom stereocenters. The molecule has 1 rings (SSSR count). The lowest BCUT2D eigenvalue weighted by Crippen LogP contribution is -2.31. The lowest BCUT2D eigenvalue weighted by Gasteiger charge is -2.22. The summed E-state index contributed by atoms with van der Waals surface area (Å²) in [6.45, 7) is 3.52. The number of hydrogen-bond donors (Lipinski definition) is 3. The molecule has 0 radical (unpaired) electrons. The molecule has 0 aromatic carbocycles. The Kier molecular flexibility index (Phi) is 4.72. The molecule has 0 unspecified atom stereocenters. The van der Waals surface area contributed by atoms with Crippen LogP contribution in [0.5, 0.6) is 0 Å². The summed E-state index contributed by atoms with van der Waals surface area (Å²) in [5, 5.41) is 20.8. The minimum Gasteiger partial charge on any atom is -0.465 e. The zero-order valence-corrected chi connectivity index (χ0v) is 10.4. The van der Waals surface area contributed by atoms with Gasteiger partial charge in [-0.1, -0.05) is 25.4 Å². The minimum atomic E-state index is -1.12. The van der Waals surface area contributed by atoms with E-state index in [4.69, 9.17) is 16.7 Å². The Hall–Kier alpha value is -1.33. The van der Waals surface area contributed by atoms with Gasteiger partial charge in [0.25, 0.3) is 0 Å². The van der Waals surface area contributed by atoms with Gasteiger partial charge in [-0.3, -0.25) is 4.98 Å². The van der Waals surface area contributed by atoms with Crippen LogP contribution in [0.25, 0.3) is 0 Å². The van der Waals surface area contributed by atoms with E-state index in [9.17, 15) is 9.90 Å². The first-order valence-corrected chi connectivity index (χ1v) is 5.58. The van der Waals surface area contributed by atoms with Crippen molar-refractivity contribution in [1.82, 2.24) is 10.3 Å². The molecule has 0 saturated heterocycles. The van der Waals surface area contributed by atoms with Crippen LogP contribution >= 0.6 is 11.6 Å². The second-order valence-electron chi connectivity index (χ2n) is 4.03. The van der Waals surface area contributed by atoms with Gasteiger partial charge < -0.3 is 15.5 Å². The standard InChI is InChI=1S/C11H15ClN2O3/c1-6(2)9(14-11(16)17)10-7(5-15)3-8(12)4-13-10/h3-4,6,9,14-15H,5H2,1-2H3,(H,16,17)/t9-/m0/s1. The highest BCUT2D eigenvalue weighted by atomic mass is 35.5. The fourth-order valence-corrected chi connectivity index (χ4v) is 1.76. The molecule has 1 amide bonds. The van der Waals surface area contributed by atoms with Crippen LogP contribution < -0.4 is 5.32 Å². The number of aliphatic hydroxyl groups excluding tert-OH is 1. The predicted molar refractivity (Wildman–Crippen MR) is 63.9 cm³/mol. The Morgan fingerprint density at radius 3 is 2.71 bits per heavy atom. The van der Waals surface area contributed by atoms with Gasteiger partial charge in [0.2, 0.25) is 0 Å². The maximum absolute atomic E-state index is 10.7. The Labute approximate surface area is 104 Å². The molecule has 5 nitrogen and oxygen atoms in total. The Bertz CT molecular complexity index is 410. The van der Waals surface area contributed by atoms with Crippen molar-refractivity contribution < 1.29 is 15.0 Å². The van der Waals surface area contributed by atoms with Crippen molar-refractivity contribution in [1.29, 1.82) is 0 Å². The van der Waals surface area contributed by atoms with Gasteiger partial charge in [-0.05, 0) is 12.0 Å². The maximum atomic E-state index is 10.7. The molecular weight excluding hydrogens is 244 g/mol. The molecule has 0 saturated carbocycles. The summed E-state index contributed by atoms with van der Waals surface area (Å²) < 4.78 is 0. The zero-order valence-electron chi connectivity index (χ0n) is 9.64. The van der Waals surface area contributed by atoms with Crippen molar-refractivity contribution in [2.75, 3.05) is 0 Å². The first-order chi connectivity index (χ1) is 7.95. The topological polar surface area (TPSA) is 82.5 Å². The second kappa shape index (κ2) is 5.84. The van der Waals surface area contributed by atoms with Gasteiger partial charge in [-0.15, -0.1) is 0 Å². The molecule has 94 valence electrons. The summed E-state index contributed by atoms with van der Waals surface area (Å²) in [5.74, 6) is 0.0186. The van der Waals surface area contributed by atoms with Crippen LogP contribution in [0.1, 0.15) is 31.1 Å². The van der Waals surface area contributed by atoms with Crippen LogP contribution in [-0.4, -0.2) is 21.3 Å². The molecule has 0 aliphatic rings. The van der Waals surface area contributed by atoms with E-state index in [1.807, 2.05) is 13.8 Å². The van der Waals surface area contributed by atoms with Gasteiger partial charge >= 0.3 is 6.09 Å². The number of hydrogen-bond acceptors (Lipinski definition) is 3. The Balaban J connectivity index is 3.13. The van der Waals surface area contributed by atoms with Crippen molar-refractivity contribution in [3.8, 4) is 0 Å². The summed E-state index contributed by atoms with van der Waals surface area (Å²) >= 11 is 5.78. The molecular formula is C11H15ClN2O3. The van der Waals surface area contributed by atoms with E-state index < -0.39 is 12.1 Å². The number of nitrogens with one attached hydrogen (secondary N) is 1. The highest BCUT2D eigenvalue weighted by Gasteiger charge is 2.22. The molecule has 1 aromatic heterocycles. The molecule has 0 aliphatic heterocycles. The summed E-state index contributed by atoms with van der Waals surface area (Å²) in [5.41, 5.74) is 1.04. The third-order valence-corrected chi connectivity index (χ3v) is 2.59. The quantitative estimate of drug-likeness (QED) is 0.773. The monoisotopic (exact) mass is 258 g/mol. The highest BCUT2D eigenvalue weighted by molar-refractivity contribution is 6.30. The van der Waals surface area contributed by atoms with Crippen LogP contribution in [0.4, 0.5) is 4.79 Å². The second-order valence-corrected chi connectivity index (χ2v) is 4.46. The number of pyridine rings is 1. The third kappa shape index (κ3) is 3.57. The van der Waals surface area contributed by atoms with E-state index in [0.29, 0.717) is 16.3 Å². The van der Waals surface area contributed by atoms with Crippen molar-refractivity contribution in [3.05, 3.63) is 28.5 Å². The number of carboxylic acid groups (broad SMARTS) is 1. The first-order valence-electron chi connectivity index (χ1n) is 5.20. The fourth-order valence-electron chi connectivity index (χ4n) is 1.58. The molecule has 6 heteroatoms. The smallest absolute Gasteiger partial charge is 0.405 e. The van der Waals surface area contributed by atoms with Gasteiger partial charge in [0.15, 0.2) is 0 Å². The van der Waals surface area contributed by atoms with Crippen molar-refractivity contribution in [3.63, 3.8) is 0 Å². The fraction of sp³-hybridized carbons (Fsp3) is 0.455. The number of aromatic nitrogens is 1. The normalized spacial score (nSPS) is 12.5. The number of carbonyl (C=O) groups is 1. The van der Waals surface area contributed by atoms with Crippen LogP contribution in [0.2, 0.25) is 5.02 Å². The number of nitrogens with zero attached hydrogens (tertiary/aromatic N) is 1. The number of aliphatic hydroxyl groups is 1. The SMILES string of the molecule is CC(C)[C@H](NC(=O)O)c1ncc(Cl)cc1CO. The molecule has 3 N–H and O–H groups in total. The summed E-state index contributed by atoms with van der Waals surface area (Å²) in [4.78, 5) is 14.8. The molecule has 1 heterocycles. The molecule has 0 fully saturated rings. The molecule has 1 aromatic rings. The molecule has 17 heavy (non-hydrogen) atoms.